The highest BCUT2D eigenvalue weighted by Gasteiger charge is 2.30. The molecule has 2 aromatic heterocycles. The number of rotatable bonds is 5. The predicted octanol–water partition coefficient (Wildman–Crippen LogP) is 2.78. The Morgan fingerprint density at radius 3 is 3.07 bits per heavy atom. The molecule has 7 heteroatoms. The molecular weight excluding hydrogens is 362 g/mol. The fourth-order valence-corrected chi connectivity index (χ4v) is 3.93. The Balaban J connectivity index is 1.26. The van der Waals surface area contributed by atoms with Crippen LogP contribution in [0.25, 0.3) is 6.08 Å². The van der Waals surface area contributed by atoms with E-state index in [1.165, 1.54) is 10.4 Å². The average Bonchev–Trinajstić information content (AvgIpc) is 3.03. The predicted molar refractivity (Wildman–Crippen MR) is 104 cm³/mol. The van der Waals surface area contributed by atoms with Crippen LogP contribution in [-0.4, -0.2) is 40.9 Å². The van der Waals surface area contributed by atoms with Gasteiger partial charge in [0.15, 0.2) is 0 Å². The average molecular weight is 383 g/mol. The van der Waals surface area contributed by atoms with Crippen molar-refractivity contribution >= 4 is 35.0 Å². The van der Waals surface area contributed by atoms with Crippen molar-refractivity contribution in [3.8, 4) is 0 Å². The first-order valence-electron chi connectivity index (χ1n) is 8.99. The standard InChI is InChI=1S/C20H21N3O3S/c1-13-6-7-27-17(13)12-26-16-10-23(11-16)19(25)5-2-14-8-15-3-4-18(24)22-20(15)21-9-14/h2,5-9,16H,3-4,10-12H2,1H3,(H,21,22,24)/b5-2+. The van der Waals surface area contributed by atoms with Crippen LogP contribution in [0.15, 0.2) is 29.8 Å². The molecule has 1 saturated heterocycles. The van der Waals surface area contributed by atoms with Crippen molar-refractivity contribution in [3.63, 3.8) is 0 Å². The van der Waals surface area contributed by atoms with Gasteiger partial charge in [-0.25, -0.2) is 4.98 Å². The largest absolute Gasteiger partial charge is 0.369 e. The highest BCUT2D eigenvalue weighted by molar-refractivity contribution is 7.10. The van der Waals surface area contributed by atoms with Gasteiger partial charge in [-0.15, -0.1) is 11.3 Å². The smallest absolute Gasteiger partial charge is 0.246 e. The van der Waals surface area contributed by atoms with E-state index in [1.807, 2.05) is 6.07 Å². The molecule has 2 amide bonds. The fraction of sp³-hybridized carbons (Fsp3) is 0.350. The summed E-state index contributed by atoms with van der Waals surface area (Å²) in [6.45, 7) is 3.95. The number of hydrogen-bond donors (Lipinski definition) is 1. The molecule has 4 heterocycles. The summed E-state index contributed by atoms with van der Waals surface area (Å²) in [5.74, 6) is 0.601. The van der Waals surface area contributed by atoms with Crippen molar-refractivity contribution in [2.45, 2.75) is 32.5 Å². The summed E-state index contributed by atoms with van der Waals surface area (Å²) in [6.07, 6.45) is 6.27. The van der Waals surface area contributed by atoms with Crippen molar-refractivity contribution in [2.75, 3.05) is 18.4 Å². The van der Waals surface area contributed by atoms with Gasteiger partial charge in [-0.05, 0) is 53.6 Å². The lowest BCUT2D eigenvalue weighted by atomic mass is 10.0. The maximum absolute atomic E-state index is 12.3. The van der Waals surface area contributed by atoms with Crippen LogP contribution in [0.4, 0.5) is 5.82 Å². The highest BCUT2D eigenvalue weighted by atomic mass is 32.1. The van der Waals surface area contributed by atoms with Crippen molar-refractivity contribution in [1.29, 1.82) is 0 Å². The number of likely N-dealkylation sites (tertiary alicyclic amines) is 1. The zero-order valence-corrected chi connectivity index (χ0v) is 15.9. The summed E-state index contributed by atoms with van der Waals surface area (Å²) in [6, 6.07) is 4.06. The first-order chi connectivity index (χ1) is 13.1. The second-order valence-electron chi connectivity index (χ2n) is 6.86. The Bertz CT molecular complexity index is 900. The molecule has 4 rings (SSSR count). The molecule has 0 atom stereocenters. The summed E-state index contributed by atoms with van der Waals surface area (Å²) in [5, 5.41) is 4.82. The van der Waals surface area contributed by atoms with Crippen molar-refractivity contribution in [3.05, 3.63) is 51.4 Å². The molecular formula is C20H21N3O3S. The van der Waals surface area contributed by atoms with E-state index in [0.717, 1.165) is 11.1 Å². The molecule has 2 aliphatic rings. The monoisotopic (exact) mass is 383 g/mol. The van der Waals surface area contributed by atoms with Crippen LogP contribution < -0.4 is 5.32 Å². The number of anilines is 1. The van der Waals surface area contributed by atoms with Crippen LogP contribution in [0.2, 0.25) is 0 Å². The topological polar surface area (TPSA) is 71.5 Å². The molecule has 0 bridgehead atoms. The summed E-state index contributed by atoms with van der Waals surface area (Å²) < 4.78 is 5.87. The number of fused-ring (bicyclic) bond motifs is 1. The number of amides is 2. The Kier molecular flexibility index (Phi) is 5.05. The minimum absolute atomic E-state index is 0.00253. The molecule has 0 spiro atoms. The summed E-state index contributed by atoms with van der Waals surface area (Å²) in [5.41, 5.74) is 3.12. The number of hydrogen-bond acceptors (Lipinski definition) is 5. The summed E-state index contributed by atoms with van der Waals surface area (Å²) in [7, 11) is 0. The number of carbonyl (C=O) groups is 2. The molecule has 0 saturated carbocycles. The molecule has 27 heavy (non-hydrogen) atoms. The minimum atomic E-state index is -0.0202. The number of carbonyl (C=O) groups excluding carboxylic acids is 2. The quantitative estimate of drug-likeness (QED) is 0.806. The Hall–Kier alpha value is -2.51. The van der Waals surface area contributed by atoms with Crippen molar-refractivity contribution in [1.82, 2.24) is 9.88 Å². The van der Waals surface area contributed by atoms with E-state index in [1.54, 1.807) is 34.6 Å². The molecule has 2 aromatic rings. The lowest BCUT2D eigenvalue weighted by Crippen LogP contribution is -2.54. The first kappa shape index (κ1) is 17.9. The Morgan fingerprint density at radius 2 is 2.30 bits per heavy atom. The van der Waals surface area contributed by atoms with Gasteiger partial charge in [0.2, 0.25) is 11.8 Å². The van der Waals surface area contributed by atoms with Crippen LogP contribution in [0.5, 0.6) is 0 Å². The Labute approximate surface area is 161 Å². The fourth-order valence-electron chi connectivity index (χ4n) is 3.11. The number of aryl methyl sites for hydroxylation is 2. The summed E-state index contributed by atoms with van der Waals surface area (Å²) in [4.78, 5) is 30.9. The number of ether oxygens (including phenoxy) is 1. The van der Waals surface area contributed by atoms with Gasteiger partial charge in [-0.3, -0.25) is 9.59 Å². The first-order valence-corrected chi connectivity index (χ1v) is 9.87. The minimum Gasteiger partial charge on any atom is -0.369 e. The Morgan fingerprint density at radius 1 is 1.44 bits per heavy atom. The normalized spacial score (nSPS) is 16.9. The molecule has 0 aromatic carbocycles. The lowest BCUT2D eigenvalue weighted by Gasteiger charge is -2.38. The van der Waals surface area contributed by atoms with Crippen LogP contribution in [0.1, 0.15) is 28.0 Å². The molecule has 0 aliphatic carbocycles. The van der Waals surface area contributed by atoms with Gasteiger partial charge in [0.05, 0.1) is 12.7 Å². The van der Waals surface area contributed by atoms with E-state index >= 15 is 0 Å². The van der Waals surface area contributed by atoms with Gasteiger partial charge in [0.25, 0.3) is 0 Å². The van der Waals surface area contributed by atoms with Crippen LogP contribution in [-0.2, 0) is 27.4 Å². The van der Waals surface area contributed by atoms with Gasteiger partial charge < -0.3 is 15.0 Å². The molecule has 1 N–H and O–H groups in total. The summed E-state index contributed by atoms with van der Waals surface area (Å²) >= 11 is 1.70. The van der Waals surface area contributed by atoms with E-state index in [-0.39, 0.29) is 17.9 Å². The third kappa shape index (κ3) is 4.09. The zero-order chi connectivity index (χ0) is 18.8. The number of nitrogens with one attached hydrogen (secondary N) is 1. The second-order valence-corrected chi connectivity index (χ2v) is 7.86. The third-order valence-electron chi connectivity index (χ3n) is 4.86. The number of nitrogens with zero attached hydrogens (tertiary/aromatic N) is 2. The van der Waals surface area contributed by atoms with Gasteiger partial charge in [-0.1, -0.05) is 0 Å². The molecule has 140 valence electrons. The molecule has 2 aliphatic heterocycles. The third-order valence-corrected chi connectivity index (χ3v) is 5.86. The van der Waals surface area contributed by atoms with Gasteiger partial charge >= 0.3 is 0 Å². The number of aromatic nitrogens is 1. The van der Waals surface area contributed by atoms with Gasteiger partial charge in [-0.2, -0.15) is 0 Å². The molecule has 0 unspecified atom stereocenters. The van der Waals surface area contributed by atoms with Crippen LogP contribution in [0, 0.1) is 6.92 Å². The maximum atomic E-state index is 12.3. The highest BCUT2D eigenvalue weighted by Crippen LogP contribution is 2.22. The molecule has 0 radical (unpaired) electrons. The maximum Gasteiger partial charge on any atom is 0.246 e. The SMILES string of the molecule is Cc1ccsc1COC1CN(C(=O)/C=C/c2cnc3c(c2)CCC(=O)N3)C1. The number of pyridine rings is 1. The second kappa shape index (κ2) is 7.62. The number of thiophene rings is 1. The van der Waals surface area contributed by atoms with E-state index in [4.69, 9.17) is 4.74 Å². The van der Waals surface area contributed by atoms with Gasteiger partial charge in [0.1, 0.15) is 5.82 Å². The van der Waals surface area contributed by atoms with Crippen molar-refractivity contribution < 1.29 is 14.3 Å². The zero-order valence-electron chi connectivity index (χ0n) is 15.1. The van der Waals surface area contributed by atoms with E-state index in [0.29, 0.717) is 38.4 Å². The van der Waals surface area contributed by atoms with E-state index in [9.17, 15) is 9.59 Å². The van der Waals surface area contributed by atoms with Crippen LogP contribution >= 0.6 is 11.3 Å². The molecule has 6 nitrogen and oxygen atoms in total. The molecule has 1 fully saturated rings. The van der Waals surface area contributed by atoms with Gasteiger partial charge in [0, 0.05) is 36.7 Å². The van der Waals surface area contributed by atoms with E-state index in [2.05, 4.69) is 28.7 Å². The van der Waals surface area contributed by atoms with Crippen LogP contribution in [0.3, 0.4) is 0 Å². The van der Waals surface area contributed by atoms with E-state index < -0.39 is 0 Å². The van der Waals surface area contributed by atoms with Crippen molar-refractivity contribution in [2.24, 2.45) is 0 Å². The lowest BCUT2D eigenvalue weighted by molar-refractivity contribution is -0.140.